The van der Waals surface area contributed by atoms with Crippen LogP contribution in [0.3, 0.4) is 0 Å². The number of hydrogen-bond donors (Lipinski definition) is 1. The van der Waals surface area contributed by atoms with Gasteiger partial charge in [-0.2, -0.15) is 0 Å². The second-order valence-electron chi connectivity index (χ2n) is 10.9. The van der Waals surface area contributed by atoms with Gasteiger partial charge in [0.15, 0.2) is 0 Å². The highest BCUT2D eigenvalue weighted by molar-refractivity contribution is 7.67. The first-order chi connectivity index (χ1) is 17.7. The van der Waals surface area contributed by atoms with Gasteiger partial charge in [-0.25, -0.2) is 4.39 Å². The molecule has 0 aromatic heterocycles. The Kier molecular flexibility index (Phi) is 8.77. The van der Waals surface area contributed by atoms with E-state index in [1.165, 1.54) is 6.07 Å². The Balaban J connectivity index is 1.86. The van der Waals surface area contributed by atoms with Gasteiger partial charge in [0.25, 0.3) is 7.37 Å². The highest BCUT2D eigenvalue weighted by Crippen LogP contribution is 2.62. The van der Waals surface area contributed by atoms with Crippen LogP contribution in [0.25, 0.3) is 0 Å². The van der Waals surface area contributed by atoms with Crippen molar-refractivity contribution in [1.29, 1.82) is 0 Å². The molecule has 0 radical (unpaired) electrons. The fourth-order valence-electron chi connectivity index (χ4n) is 5.40. The molecule has 0 heterocycles. The van der Waals surface area contributed by atoms with Crippen molar-refractivity contribution >= 4 is 24.0 Å². The normalized spacial score (nSPS) is 22.3. The fourth-order valence-corrected chi connectivity index (χ4v) is 8.05. The van der Waals surface area contributed by atoms with Gasteiger partial charge in [-0.1, -0.05) is 63.6 Å². The van der Waals surface area contributed by atoms with E-state index >= 15 is 8.96 Å². The Bertz CT molecular complexity index is 1200. The molecule has 1 aliphatic rings. The van der Waals surface area contributed by atoms with Gasteiger partial charge in [0, 0.05) is 36.3 Å². The summed E-state index contributed by atoms with van der Waals surface area (Å²) in [4.78, 5) is 2.00. The molecule has 0 saturated heterocycles. The van der Waals surface area contributed by atoms with E-state index in [1.807, 2.05) is 73.6 Å². The third-order valence-electron chi connectivity index (χ3n) is 7.60. The molecule has 0 unspecified atom stereocenters. The van der Waals surface area contributed by atoms with Crippen molar-refractivity contribution in [2.75, 3.05) is 24.3 Å². The molecule has 4 rings (SSSR count). The van der Waals surface area contributed by atoms with Crippen LogP contribution in [0.15, 0.2) is 78.9 Å². The van der Waals surface area contributed by atoms with Crippen molar-refractivity contribution in [3.63, 3.8) is 0 Å². The number of para-hydroxylation sites is 1. The maximum Gasteiger partial charge on any atom is 0.258 e. The quantitative estimate of drug-likeness (QED) is 0.289. The topological polar surface area (TPSA) is 41.6 Å². The van der Waals surface area contributed by atoms with E-state index < -0.39 is 19.0 Å². The third kappa shape index (κ3) is 6.27. The smallest absolute Gasteiger partial charge is 0.258 e. The standard InChI is InChI=1S/C31H40FN2O2P/c1-22(2)27-20-15-23(3)21-30(27)36-37(35,26-18-16-25(17-19-26)34(4)5)31(28-13-9-10-14-29(28)32)33-24-11-7-6-8-12-24/h6-14,16-19,22-23,27,30-31,33H,15,20-21H2,1-5H3/t23-,27-,30+,31-,37-/m0/s1. The van der Waals surface area contributed by atoms with Crippen LogP contribution in [0, 0.1) is 23.6 Å². The van der Waals surface area contributed by atoms with E-state index in [1.54, 1.807) is 18.2 Å². The molecule has 198 valence electrons. The van der Waals surface area contributed by atoms with E-state index in [9.17, 15) is 0 Å². The molecule has 1 saturated carbocycles. The number of halogens is 1. The van der Waals surface area contributed by atoms with E-state index in [4.69, 9.17) is 4.52 Å². The minimum Gasteiger partial charge on any atom is -0.378 e. The summed E-state index contributed by atoms with van der Waals surface area (Å²) in [6.07, 6.45) is 2.86. The van der Waals surface area contributed by atoms with Crippen LogP contribution in [0.2, 0.25) is 0 Å². The van der Waals surface area contributed by atoms with Crippen molar-refractivity contribution in [1.82, 2.24) is 0 Å². The molecule has 4 nitrogen and oxygen atoms in total. The monoisotopic (exact) mass is 522 g/mol. The predicted octanol–water partition coefficient (Wildman–Crippen LogP) is 8.08. The number of hydrogen-bond acceptors (Lipinski definition) is 4. The molecule has 0 spiro atoms. The van der Waals surface area contributed by atoms with Crippen LogP contribution in [-0.4, -0.2) is 20.2 Å². The van der Waals surface area contributed by atoms with Gasteiger partial charge < -0.3 is 14.7 Å². The Morgan fingerprint density at radius 2 is 1.59 bits per heavy atom. The zero-order valence-corrected chi connectivity index (χ0v) is 23.5. The lowest BCUT2D eigenvalue weighted by atomic mass is 9.75. The number of nitrogens with one attached hydrogen (secondary N) is 1. The number of benzene rings is 3. The second-order valence-corrected chi connectivity index (χ2v) is 13.3. The Labute approximate surface area is 221 Å². The second kappa shape index (κ2) is 11.8. The lowest BCUT2D eigenvalue weighted by molar-refractivity contribution is 0.0488. The summed E-state index contributed by atoms with van der Waals surface area (Å²) in [5.74, 6) is -0.105. The van der Waals surface area contributed by atoms with Gasteiger partial charge in [0.1, 0.15) is 11.6 Å². The molecule has 0 aliphatic heterocycles. The molecule has 0 bridgehead atoms. The largest absolute Gasteiger partial charge is 0.378 e. The van der Waals surface area contributed by atoms with E-state index in [2.05, 4.69) is 26.1 Å². The molecule has 1 fully saturated rings. The summed E-state index contributed by atoms with van der Waals surface area (Å²) in [6.45, 7) is 6.66. The average molecular weight is 523 g/mol. The van der Waals surface area contributed by atoms with Crippen LogP contribution in [0.1, 0.15) is 51.4 Å². The summed E-state index contributed by atoms with van der Waals surface area (Å²) < 4.78 is 37.7. The zero-order valence-electron chi connectivity index (χ0n) is 22.6. The van der Waals surface area contributed by atoms with Crippen LogP contribution >= 0.6 is 7.37 Å². The third-order valence-corrected chi connectivity index (χ3v) is 10.3. The summed E-state index contributed by atoms with van der Waals surface area (Å²) in [7, 11) is 0.258. The molecule has 1 aliphatic carbocycles. The molecular formula is C31H40FN2O2P. The van der Waals surface area contributed by atoms with Gasteiger partial charge in [0.2, 0.25) is 0 Å². The molecule has 6 heteroatoms. The van der Waals surface area contributed by atoms with E-state index in [-0.39, 0.29) is 6.10 Å². The molecule has 0 amide bonds. The lowest BCUT2D eigenvalue weighted by Crippen LogP contribution is -2.36. The van der Waals surface area contributed by atoms with Crippen LogP contribution in [0.4, 0.5) is 15.8 Å². The summed E-state index contributed by atoms with van der Waals surface area (Å²) >= 11 is 0. The minimum atomic E-state index is -3.69. The Hall–Kier alpha value is -2.62. The van der Waals surface area contributed by atoms with Gasteiger partial charge in [-0.15, -0.1) is 0 Å². The molecule has 3 aromatic rings. The Morgan fingerprint density at radius 3 is 2.22 bits per heavy atom. The number of anilines is 2. The predicted molar refractivity (Wildman–Crippen MR) is 153 cm³/mol. The first-order valence-corrected chi connectivity index (χ1v) is 15.0. The van der Waals surface area contributed by atoms with Gasteiger partial charge in [0.05, 0.1) is 6.10 Å². The SMILES string of the molecule is CC(C)[C@@H]1CC[C@H](C)C[C@H]1O[P@@](=O)(c1ccc(N(C)C)cc1)[C@H](Nc1ccccc1)c1ccccc1F. The van der Waals surface area contributed by atoms with Crippen LogP contribution in [0.5, 0.6) is 0 Å². The molecule has 1 N–H and O–H groups in total. The molecule has 37 heavy (non-hydrogen) atoms. The van der Waals surface area contributed by atoms with Crippen molar-refractivity contribution < 1.29 is 13.5 Å². The maximum absolute atomic E-state index is 15.4. The summed E-state index contributed by atoms with van der Waals surface area (Å²) in [5.41, 5.74) is 2.11. The molecular weight excluding hydrogens is 482 g/mol. The maximum atomic E-state index is 15.4. The zero-order chi connectivity index (χ0) is 26.6. The van der Waals surface area contributed by atoms with Gasteiger partial charge in [-0.05, 0) is 73.1 Å². The molecule has 5 atom stereocenters. The number of nitrogens with zero attached hydrogens (tertiary/aromatic N) is 1. The lowest BCUT2D eigenvalue weighted by Gasteiger charge is -2.41. The Morgan fingerprint density at radius 1 is 0.946 bits per heavy atom. The number of rotatable bonds is 9. The van der Waals surface area contributed by atoms with Crippen LogP contribution < -0.4 is 15.5 Å². The van der Waals surface area contributed by atoms with Crippen molar-refractivity contribution in [2.45, 2.75) is 51.9 Å². The van der Waals surface area contributed by atoms with Crippen LogP contribution in [-0.2, 0) is 9.09 Å². The summed E-state index contributed by atoms with van der Waals surface area (Å²) in [6, 6.07) is 23.8. The van der Waals surface area contributed by atoms with Crippen molar-refractivity contribution in [3.05, 3.63) is 90.2 Å². The minimum absolute atomic E-state index is 0.171. The van der Waals surface area contributed by atoms with E-state index in [0.29, 0.717) is 28.6 Å². The van der Waals surface area contributed by atoms with E-state index in [0.717, 1.165) is 30.6 Å². The highest BCUT2D eigenvalue weighted by atomic mass is 31.2. The first kappa shape index (κ1) is 27.4. The van der Waals surface area contributed by atoms with Crippen molar-refractivity contribution in [3.8, 4) is 0 Å². The van der Waals surface area contributed by atoms with Crippen molar-refractivity contribution in [2.24, 2.45) is 17.8 Å². The van der Waals surface area contributed by atoms with Gasteiger partial charge >= 0.3 is 0 Å². The highest BCUT2D eigenvalue weighted by Gasteiger charge is 2.44. The summed E-state index contributed by atoms with van der Waals surface area (Å²) in [5, 5.41) is 4.01. The molecule has 3 aromatic carbocycles. The fraction of sp³-hybridized carbons (Fsp3) is 0.419. The van der Waals surface area contributed by atoms with Gasteiger partial charge in [-0.3, -0.25) is 4.57 Å². The average Bonchev–Trinajstić information content (AvgIpc) is 2.88. The first-order valence-electron chi connectivity index (χ1n) is 13.3.